The van der Waals surface area contributed by atoms with Crippen LogP contribution in [0.25, 0.3) is 0 Å². The monoisotopic (exact) mass is 237 g/mol. The molecule has 0 saturated carbocycles. The predicted molar refractivity (Wildman–Crippen MR) is 67.4 cm³/mol. The molecule has 17 heavy (non-hydrogen) atoms. The third-order valence-corrected chi connectivity index (χ3v) is 2.53. The van der Waals surface area contributed by atoms with Crippen molar-refractivity contribution in [2.45, 2.75) is 32.8 Å². The molecular weight excluding hydrogens is 218 g/mol. The second-order valence-electron chi connectivity index (χ2n) is 4.28. The molecule has 0 saturated heterocycles. The Hall–Kier alpha value is -1.55. The molecule has 2 N–H and O–H groups in total. The highest BCUT2D eigenvalue weighted by molar-refractivity contribution is 5.95. The van der Waals surface area contributed by atoms with Crippen molar-refractivity contribution in [1.29, 1.82) is 0 Å². The zero-order valence-corrected chi connectivity index (χ0v) is 10.7. The lowest BCUT2D eigenvalue weighted by Crippen LogP contribution is -2.24. The van der Waals surface area contributed by atoms with Gasteiger partial charge in [-0.3, -0.25) is 4.79 Å². The molecule has 1 aromatic carbocycles. The Morgan fingerprint density at radius 1 is 1.35 bits per heavy atom. The van der Waals surface area contributed by atoms with Gasteiger partial charge in [0.05, 0.1) is 12.8 Å². The van der Waals surface area contributed by atoms with E-state index >= 15 is 0 Å². The van der Waals surface area contributed by atoms with Gasteiger partial charge in [-0.25, -0.2) is 0 Å². The number of nitrogens with one attached hydrogen (secondary N) is 1. The summed E-state index contributed by atoms with van der Waals surface area (Å²) in [7, 11) is 1.54. The highest BCUT2D eigenvalue weighted by Gasteiger charge is 2.13. The Bertz CT molecular complexity index is 400. The summed E-state index contributed by atoms with van der Waals surface area (Å²) >= 11 is 0. The van der Waals surface area contributed by atoms with Gasteiger partial charge in [0.25, 0.3) is 5.91 Å². The Kier molecular flexibility index (Phi) is 4.52. The maximum Gasteiger partial charge on any atom is 0.253 e. The molecule has 0 aliphatic rings. The van der Waals surface area contributed by atoms with Gasteiger partial charge in [0, 0.05) is 0 Å². The summed E-state index contributed by atoms with van der Waals surface area (Å²) in [5.74, 6) is 0.510. The van der Waals surface area contributed by atoms with Crippen LogP contribution in [0.3, 0.4) is 0 Å². The number of aliphatic hydroxyl groups excluding tert-OH is 1. The average molecular weight is 237 g/mol. The van der Waals surface area contributed by atoms with Gasteiger partial charge < -0.3 is 15.2 Å². The number of carbonyl (C=O) groups excluding carboxylic acids is 1. The van der Waals surface area contributed by atoms with Crippen molar-refractivity contribution in [1.82, 2.24) is 0 Å². The molecule has 0 aliphatic carbocycles. The fourth-order valence-electron chi connectivity index (χ4n) is 1.42. The predicted octanol–water partition coefficient (Wildman–Crippen LogP) is 2.14. The molecule has 0 bridgehead atoms. The van der Waals surface area contributed by atoms with E-state index in [0.717, 1.165) is 5.56 Å². The quantitative estimate of drug-likeness (QED) is 0.843. The van der Waals surface area contributed by atoms with Crippen LogP contribution >= 0.6 is 0 Å². The molecule has 0 fully saturated rings. The summed E-state index contributed by atoms with van der Waals surface area (Å²) in [4.78, 5) is 11.4. The van der Waals surface area contributed by atoms with Crippen LogP contribution in [0.1, 0.15) is 32.3 Å². The first-order valence-electron chi connectivity index (χ1n) is 5.62. The smallest absolute Gasteiger partial charge is 0.253 e. The molecule has 1 rings (SSSR count). The summed E-state index contributed by atoms with van der Waals surface area (Å²) in [6.07, 6.45) is -1.04. The number of methoxy groups -OCH3 is 1. The fourth-order valence-corrected chi connectivity index (χ4v) is 1.42. The van der Waals surface area contributed by atoms with E-state index in [1.54, 1.807) is 7.11 Å². The van der Waals surface area contributed by atoms with E-state index in [2.05, 4.69) is 19.2 Å². The molecule has 0 aliphatic heterocycles. The van der Waals surface area contributed by atoms with Crippen LogP contribution in [0.4, 0.5) is 5.69 Å². The van der Waals surface area contributed by atoms with Gasteiger partial charge in [0.1, 0.15) is 11.9 Å². The van der Waals surface area contributed by atoms with Crippen molar-refractivity contribution in [3.63, 3.8) is 0 Å². The summed E-state index contributed by atoms with van der Waals surface area (Å²) in [6, 6.07) is 5.64. The number of benzene rings is 1. The van der Waals surface area contributed by atoms with Crippen molar-refractivity contribution in [3.8, 4) is 5.75 Å². The van der Waals surface area contributed by atoms with Crippen molar-refractivity contribution >= 4 is 11.6 Å². The lowest BCUT2D eigenvalue weighted by molar-refractivity contribution is -0.123. The van der Waals surface area contributed by atoms with Crippen molar-refractivity contribution in [3.05, 3.63) is 23.8 Å². The van der Waals surface area contributed by atoms with Gasteiger partial charge in [-0.2, -0.15) is 0 Å². The molecule has 94 valence electrons. The highest BCUT2D eigenvalue weighted by atomic mass is 16.5. The Labute approximate surface area is 102 Å². The maximum absolute atomic E-state index is 11.4. The summed E-state index contributed by atoms with van der Waals surface area (Å²) in [6.45, 7) is 5.57. The normalized spacial score (nSPS) is 12.4. The lowest BCUT2D eigenvalue weighted by atomic mass is 10.0. The molecule has 1 amide bonds. The van der Waals surface area contributed by atoms with Gasteiger partial charge in [-0.15, -0.1) is 0 Å². The van der Waals surface area contributed by atoms with Crippen molar-refractivity contribution in [2.24, 2.45) is 0 Å². The number of aliphatic hydroxyl groups is 1. The Balaban J connectivity index is 3.02. The van der Waals surface area contributed by atoms with Gasteiger partial charge in [0.2, 0.25) is 0 Å². The molecule has 1 atom stereocenters. The second-order valence-corrected chi connectivity index (χ2v) is 4.28. The van der Waals surface area contributed by atoms with Gasteiger partial charge in [-0.1, -0.05) is 19.9 Å². The van der Waals surface area contributed by atoms with Gasteiger partial charge >= 0.3 is 0 Å². The van der Waals surface area contributed by atoms with E-state index in [4.69, 9.17) is 4.74 Å². The molecule has 0 radical (unpaired) electrons. The molecule has 4 heteroatoms. The van der Waals surface area contributed by atoms with Crippen LogP contribution in [0, 0.1) is 0 Å². The molecular formula is C13H19NO3. The minimum atomic E-state index is -1.04. The maximum atomic E-state index is 11.4. The Morgan fingerprint density at radius 2 is 2.00 bits per heavy atom. The van der Waals surface area contributed by atoms with Crippen LogP contribution in [0.5, 0.6) is 5.75 Å². The molecule has 1 aromatic rings. The number of hydrogen-bond donors (Lipinski definition) is 2. The number of ether oxygens (including phenoxy) is 1. The van der Waals surface area contributed by atoms with E-state index < -0.39 is 12.0 Å². The molecule has 4 nitrogen and oxygen atoms in total. The Morgan fingerprint density at radius 3 is 2.47 bits per heavy atom. The van der Waals surface area contributed by atoms with Crippen molar-refractivity contribution in [2.75, 3.05) is 12.4 Å². The highest BCUT2D eigenvalue weighted by Crippen LogP contribution is 2.28. The van der Waals surface area contributed by atoms with E-state index in [1.165, 1.54) is 6.92 Å². The molecule has 1 unspecified atom stereocenters. The van der Waals surface area contributed by atoms with Gasteiger partial charge in [0.15, 0.2) is 0 Å². The van der Waals surface area contributed by atoms with Crippen LogP contribution in [0.2, 0.25) is 0 Å². The number of anilines is 1. The van der Waals surface area contributed by atoms with Crippen LogP contribution < -0.4 is 10.1 Å². The average Bonchev–Trinajstić information content (AvgIpc) is 2.28. The third kappa shape index (κ3) is 3.46. The zero-order valence-electron chi connectivity index (χ0n) is 10.7. The first-order valence-corrected chi connectivity index (χ1v) is 5.62. The SMILES string of the molecule is COc1ccc(C(C)C)cc1NC(=O)C(C)O. The van der Waals surface area contributed by atoms with Crippen LogP contribution in [-0.4, -0.2) is 24.2 Å². The fraction of sp³-hybridized carbons (Fsp3) is 0.462. The lowest BCUT2D eigenvalue weighted by Gasteiger charge is -2.14. The van der Waals surface area contributed by atoms with E-state index in [1.807, 2.05) is 18.2 Å². The number of carbonyl (C=O) groups is 1. The third-order valence-electron chi connectivity index (χ3n) is 2.53. The summed E-state index contributed by atoms with van der Waals surface area (Å²) < 4.78 is 5.16. The number of rotatable bonds is 4. The first kappa shape index (κ1) is 13.5. The molecule has 0 heterocycles. The van der Waals surface area contributed by atoms with Crippen molar-refractivity contribution < 1.29 is 14.6 Å². The standard InChI is InChI=1S/C13H19NO3/c1-8(2)10-5-6-12(17-4)11(7-10)14-13(16)9(3)15/h5-9,15H,1-4H3,(H,14,16). The summed E-state index contributed by atoms with van der Waals surface area (Å²) in [5, 5.41) is 11.8. The minimum Gasteiger partial charge on any atom is -0.495 e. The van der Waals surface area contributed by atoms with E-state index in [0.29, 0.717) is 17.4 Å². The minimum absolute atomic E-state index is 0.364. The first-order chi connectivity index (χ1) is 7.95. The second kappa shape index (κ2) is 5.68. The molecule has 0 spiro atoms. The zero-order chi connectivity index (χ0) is 13.0. The van der Waals surface area contributed by atoms with E-state index in [-0.39, 0.29) is 0 Å². The van der Waals surface area contributed by atoms with Crippen LogP contribution in [0.15, 0.2) is 18.2 Å². The van der Waals surface area contributed by atoms with Gasteiger partial charge in [-0.05, 0) is 30.5 Å². The largest absolute Gasteiger partial charge is 0.495 e. The van der Waals surface area contributed by atoms with E-state index in [9.17, 15) is 9.90 Å². The molecule has 0 aromatic heterocycles. The topological polar surface area (TPSA) is 58.6 Å². The number of hydrogen-bond acceptors (Lipinski definition) is 3. The number of amides is 1. The van der Waals surface area contributed by atoms with Crippen LogP contribution in [-0.2, 0) is 4.79 Å². The summed E-state index contributed by atoms with van der Waals surface area (Å²) in [5.41, 5.74) is 1.69.